The first-order chi connectivity index (χ1) is 16.8. The summed E-state index contributed by atoms with van der Waals surface area (Å²) in [5, 5.41) is 3.41. The van der Waals surface area contributed by atoms with Crippen LogP contribution in [0.2, 0.25) is 10.0 Å². The summed E-state index contributed by atoms with van der Waals surface area (Å²) in [4.78, 5) is 20.5. The lowest BCUT2D eigenvalue weighted by Gasteiger charge is -2.16. The highest BCUT2D eigenvalue weighted by molar-refractivity contribution is 7.92. The van der Waals surface area contributed by atoms with E-state index in [9.17, 15) is 13.2 Å². The molecular formula is C25H21Cl2FN4O3S. The number of hydrogen-bond donors (Lipinski definition) is 2. The predicted octanol–water partition coefficient (Wildman–Crippen LogP) is 6.53. The molecule has 1 amide bonds. The molecule has 0 unspecified atom stereocenters. The standard InChI is InChI=1S/C25H21Cl2FN4O3S/c1-25(2,3)23(33)31-24-29-13-15-11-14(7-10-19(15)30-24)17-5-4-6-20(22(17)28)32-36(34,35)21-12-16(26)8-9-18(21)27/h4-13,32H,1-3H3,(H,29,30,31,33). The van der Waals surface area contributed by atoms with Crippen LogP contribution in [0.15, 0.2) is 65.7 Å². The van der Waals surface area contributed by atoms with Crippen LogP contribution in [0.25, 0.3) is 22.0 Å². The number of aromatic nitrogens is 2. The number of nitrogens with one attached hydrogen (secondary N) is 2. The van der Waals surface area contributed by atoms with Gasteiger partial charge in [0, 0.05) is 27.6 Å². The average Bonchev–Trinajstić information content (AvgIpc) is 2.81. The quantitative estimate of drug-likeness (QED) is 0.296. The average molecular weight is 547 g/mol. The van der Waals surface area contributed by atoms with Crippen molar-refractivity contribution in [1.29, 1.82) is 0 Å². The van der Waals surface area contributed by atoms with Crippen LogP contribution >= 0.6 is 23.2 Å². The molecule has 4 aromatic rings. The van der Waals surface area contributed by atoms with Crippen LogP contribution in [0.4, 0.5) is 16.0 Å². The van der Waals surface area contributed by atoms with Crippen LogP contribution in [0.1, 0.15) is 20.8 Å². The third-order valence-corrected chi connectivity index (χ3v) is 7.31. The van der Waals surface area contributed by atoms with E-state index in [4.69, 9.17) is 23.2 Å². The lowest BCUT2D eigenvalue weighted by atomic mass is 9.96. The number of anilines is 2. The molecule has 0 fully saturated rings. The molecule has 2 N–H and O–H groups in total. The molecule has 0 aliphatic heterocycles. The molecule has 3 aromatic carbocycles. The summed E-state index contributed by atoms with van der Waals surface area (Å²) in [6, 6.07) is 13.3. The largest absolute Gasteiger partial charge is 0.294 e. The molecule has 0 spiro atoms. The van der Waals surface area contributed by atoms with E-state index >= 15 is 4.39 Å². The van der Waals surface area contributed by atoms with E-state index in [-0.39, 0.29) is 38.0 Å². The van der Waals surface area contributed by atoms with Gasteiger partial charge >= 0.3 is 0 Å². The fourth-order valence-electron chi connectivity index (χ4n) is 3.27. The van der Waals surface area contributed by atoms with Gasteiger partial charge in [0.2, 0.25) is 11.9 Å². The first-order valence-electron chi connectivity index (χ1n) is 10.7. The van der Waals surface area contributed by atoms with Crippen molar-refractivity contribution in [1.82, 2.24) is 9.97 Å². The maximum absolute atomic E-state index is 15.4. The van der Waals surface area contributed by atoms with Crippen LogP contribution in [0.3, 0.4) is 0 Å². The lowest BCUT2D eigenvalue weighted by molar-refractivity contribution is -0.123. The molecule has 0 saturated heterocycles. The van der Waals surface area contributed by atoms with Crippen LogP contribution in [0, 0.1) is 11.2 Å². The second-order valence-corrected chi connectivity index (χ2v) is 11.5. The van der Waals surface area contributed by atoms with Gasteiger partial charge < -0.3 is 0 Å². The van der Waals surface area contributed by atoms with Gasteiger partial charge in [-0.05, 0) is 42.0 Å². The number of nitrogens with zero attached hydrogens (tertiary/aromatic N) is 2. The third kappa shape index (κ3) is 5.43. The first-order valence-corrected chi connectivity index (χ1v) is 12.9. The molecule has 0 atom stereocenters. The van der Waals surface area contributed by atoms with Gasteiger partial charge in [-0.15, -0.1) is 0 Å². The Kier molecular flexibility index (Phi) is 6.92. The molecular weight excluding hydrogens is 526 g/mol. The van der Waals surface area contributed by atoms with Crippen molar-refractivity contribution in [3.63, 3.8) is 0 Å². The summed E-state index contributed by atoms with van der Waals surface area (Å²) in [5.41, 5.74) is 0.340. The van der Waals surface area contributed by atoms with Gasteiger partial charge in [0.25, 0.3) is 10.0 Å². The Morgan fingerprint density at radius 3 is 2.50 bits per heavy atom. The summed E-state index contributed by atoms with van der Waals surface area (Å²) < 4.78 is 43.4. The molecule has 7 nitrogen and oxygen atoms in total. The van der Waals surface area contributed by atoms with E-state index in [1.54, 1.807) is 39.0 Å². The zero-order chi connectivity index (χ0) is 26.3. The number of rotatable bonds is 5. The second kappa shape index (κ2) is 9.65. The Morgan fingerprint density at radius 1 is 1.03 bits per heavy atom. The molecule has 0 aliphatic carbocycles. The topological polar surface area (TPSA) is 101 Å². The fraction of sp³-hybridized carbons (Fsp3) is 0.160. The number of sulfonamides is 1. The number of amides is 1. The fourth-order valence-corrected chi connectivity index (χ4v) is 5.09. The van der Waals surface area contributed by atoms with E-state index in [2.05, 4.69) is 20.0 Å². The second-order valence-electron chi connectivity index (χ2n) is 9.02. The Hall–Kier alpha value is -3.27. The molecule has 0 radical (unpaired) electrons. The minimum Gasteiger partial charge on any atom is -0.294 e. The Labute approximate surface area is 217 Å². The zero-order valence-corrected chi connectivity index (χ0v) is 21.8. The number of halogens is 3. The Balaban J connectivity index is 1.66. The van der Waals surface area contributed by atoms with Crippen LogP contribution < -0.4 is 10.0 Å². The molecule has 0 aliphatic rings. The lowest BCUT2D eigenvalue weighted by Crippen LogP contribution is -2.28. The van der Waals surface area contributed by atoms with E-state index in [0.29, 0.717) is 16.5 Å². The summed E-state index contributed by atoms with van der Waals surface area (Å²) in [7, 11) is -4.21. The highest BCUT2D eigenvalue weighted by Crippen LogP contribution is 2.32. The van der Waals surface area contributed by atoms with Gasteiger partial charge in [0.05, 0.1) is 16.2 Å². The molecule has 0 saturated carbocycles. The van der Waals surface area contributed by atoms with Crippen molar-refractivity contribution in [2.24, 2.45) is 5.41 Å². The first kappa shape index (κ1) is 25.8. The number of benzene rings is 3. The Morgan fingerprint density at radius 2 is 1.78 bits per heavy atom. The maximum atomic E-state index is 15.4. The van der Waals surface area contributed by atoms with Crippen molar-refractivity contribution >= 4 is 61.7 Å². The number of carbonyl (C=O) groups is 1. The maximum Gasteiger partial charge on any atom is 0.263 e. The normalized spacial score (nSPS) is 11.9. The van der Waals surface area contributed by atoms with E-state index < -0.39 is 21.3 Å². The summed E-state index contributed by atoms with van der Waals surface area (Å²) in [5.74, 6) is -0.829. The Bertz CT molecular complexity index is 1610. The number of hydrogen-bond acceptors (Lipinski definition) is 5. The van der Waals surface area contributed by atoms with Crippen molar-refractivity contribution in [3.05, 3.63) is 76.7 Å². The van der Waals surface area contributed by atoms with Gasteiger partial charge in [-0.2, -0.15) is 0 Å². The third-order valence-electron chi connectivity index (χ3n) is 5.22. The number of fused-ring (bicyclic) bond motifs is 1. The van der Waals surface area contributed by atoms with E-state index in [1.165, 1.54) is 42.6 Å². The SMILES string of the molecule is CC(C)(C)C(=O)Nc1ncc2cc(-c3cccc(NS(=O)(=O)c4cc(Cl)ccc4Cl)c3F)ccc2n1. The van der Waals surface area contributed by atoms with E-state index in [0.717, 1.165) is 0 Å². The molecule has 0 bridgehead atoms. The van der Waals surface area contributed by atoms with E-state index in [1.807, 2.05) is 0 Å². The van der Waals surface area contributed by atoms with Crippen LogP contribution in [-0.2, 0) is 14.8 Å². The minimum atomic E-state index is -4.21. The van der Waals surface area contributed by atoms with Crippen LogP contribution in [0.5, 0.6) is 0 Å². The van der Waals surface area contributed by atoms with Gasteiger partial charge in [0.15, 0.2) is 5.82 Å². The number of carbonyl (C=O) groups excluding carboxylic acids is 1. The highest BCUT2D eigenvalue weighted by Gasteiger charge is 2.23. The summed E-state index contributed by atoms with van der Waals surface area (Å²) in [6.45, 7) is 5.34. The van der Waals surface area contributed by atoms with Crippen LogP contribution in [-0.4, -0.2) is 24.3 Å². The zero-order valence-electron chi connectivity index (χ0n) is 19.4. The monoisotopic (exact) mass is 546 g/mol. The molecule has 1 heterocycles. The van der Waals surface area contributed by atoms with Crippen molar-refractivity contribution in [2.45, 2.75) is 25.7 Å². The summed E-state index contributed by atoms with van der Waals surface area (Å²) in [6.07, 6.45) is 1.52. The van der Waals surface area contributed by atoms with Crippen molar-refractivity contribution < 1.29 is 17.6 Å². The summed E-state index contributed by atoms with van der Waals surface area (Å²) >= 11 is 11.9. The smallest absolute Gasteiger partial charge is 0.263 e. The molecule has 186 valence electrons. The van der Waals surface area contributed by atoms with Gasteiger partial charge in [-0.3, -0.25) is 14.8 Å². The molecule has 36 heavy (non-hydrogen) atoms. The minimum absolute atomic E-state index is 0.0453. The highest BCUT2D eigenvalue weighted by atomic mass is 35.5. The van der Waals surface area contributed by atoms with Gasteiger partial charge in [-0.25, -0.2) is 22.8 Å². The molecule has 1 aromatic heterocycles. The molecule has 11 heteroatoms. The van der Waals surface area contributed by atoms with Crippen molar-refractivity contribution in [3.8, 4) is 11.1 Å². The van der Waals surface area contributed by atoms with Gasteiger partial charge in [0.1, 0.15) is 4.90 Å². The molecule has 4 rings (SSSR count). The van der Waals surface area contributed by atoms with Gasteiger partial charge in [-0.1, -0.05) is 62.2 Å². The predicted molar refractivity (Wildman–Crippen MR) is 140 cm³/mol. The van der Waals surface area contributed by atoms with Crippen molar-refractivity contribution in [2.75, 3.05) is 10.0 Å².